The van der Waals surface area contributed by atoms with Crippen LogP contribution in [0.15, 0.2) is 0 Å². The van der Waals surface area contributed by atoms with Gasteiger partial charge in [0.2, 0.25) is 0 Å². The largest absolute Gasteiger partial charge is 0.303 e. The Balaban J connectivity index is 3.09. The predicted molar refractivity (Wildman–Crippen MR) is 64.6 cm³/mol. The summed E-state index contributed by atoms with van der Waals surface area (Å²) in [6.07, 6.45) is 2.97. The first-order valence-corrected chi connectivity index (χ1v) is 6.67. The summed E-state index contributed by atoms with van der Waals surface area (Å²) >= 11 is 2.01. The van der Waals surface area contributed by atoms with Crippen LogP contribution in [0.5, 0.6) is 0 Å². The zero-order valence-corrected chi connectivity index (χ0v) is 10.3. The zero-order chi connectivity index (χ0) is 10.6. The molecule has 0 bridgehead atoms. The number of hydrogen-bond acceptors (Lipinski definition) is 3. The van der Waals surface area contributed by atoms with E-state index in [4.69, 9.17) is 5.26 Å². The van der Waals surface area contributed by atoms with Crippen molar-refractivity contribution in [2.75, 3.05) is 31.1 Å². The molecule has 3 heteroatoms. The Bertz CT molecular complexity index is 150. The van der Waals surface area contributed by atoms with E-state index in [1.165, 1.54) is 24.5 Å². The van der Waals surface area contributed by atoms with Gasteiger partial charge in [-0.1, -0.05) is 13.8 Å². The molecular formula is C11H22N2S. The van der Waals surface area contributed by atoms with Crippen molar-refractivity contribution < 1.29 is 0 Å². The minimum absolute atomic E-state index is 0.719. The SMILES string of the molecule is CCN(CC)CCSCCCCC#N. The van der Waals surface area contributed by atoms with Crippen molar-refractivity contribution in [1.29, 1.82) is 5.26 Å². The third-order valence-electron chi connectivity index (χ3n) is 2.27. The van der Waals surface area contributed by atoms with Crippen LogP contribution in [-0.2, 0) is 0 Å². The molecule has 2 nitrogen and oxygen atoms in total. The fourth-order valence-corrected chi connectivity index (χ4v) is 2.24. The van der Waals surface area contributed by atoms with Crippen LogP contribution in [0.1, 0.15) is 33.1 Å². The van der Waals surface area contributed by atoms with Gasteiger partial charge in [0.25, 0.3) is 0 Å². The summed E-state index contributed by atoms with van der Waals surface area (Å²) in [5, 5.41) is 8.34. The van der Waals surface area contributed by atoms with Crippen LogP contribution in [-0.4, -0.2) is 36.0 Å². The lowest BCUT2D eigenvalue weighted by molar-refractivity contribution is 0.324. The van der Waals surface area contributed by atoms with E-state index >= 15 is 0 Å². The minimum Gasteiger partial charge on any atom is -0.303 e. The maximum atomic E-state index is 8.34. The molecule has 0 aliphatic rings. The quantitative estimate of drug-likeness (QED) is 0.552. The Morgan fingerprint density at radius 1 is 1.14 bits per heavy atom. The number of hydrogen-bond donors (Lipinski definition) is 0. The van der Waals surface area contributed by atoms with Crippen molar-refractivity contribution in [2.45, 2.75) is 33.1 Å². The van der Waals surface area contributed by atoms with Gasteiger partial charge < -0.3 is 4.90 Å². The van der Waals surface area contributed by atoms with Gasteiger partial charge in [0.15, 0.2) is 0 Å². The molecule has 0 aromatic carbocycles. The first-order chi connectivity index (χ1) is 6.85. The Labute approximate surface area is 92.7 Å². The third-order valence-corrected chi connectivity index (χ3v) is 3.32. The van der Waals surface area contributed by atoms with Crippen LogP contribution in [0.25, 0.3) is 0 Å². The molecule has 0 fully saturated rings. The molecule has 82 valence electrons. The van der Waals surface area contributed by atoms with E-state index in [-0.39, 0.29) is 0 Å². The third kappa shape index (κ3) is 8.40. The number of nitrogens with zero attached hydrogens (tertiary/aromatic N) is 2. The van der Waals surface area contributed by atoms with Gasteiger partial charge >= 0.3 is 0 Å². The molecule has 0 amide bonds. The summed E-state index contributed by atoms with van der Waals surface area (Å²) in [7, 11) is 0. The molecule has 14 heavy (non-hydrogen) atoms. The topological polar surface area (TPSA) is 27.0 Å². The van der Waals surface area contributed by atoms with Gasteiger partial charge in [-0.2, -0.15) is 17.0 Å². The van der Waals surface area contributed by atoms with Crippen molar-refractivity contribution in [3.63, 3.8) is 0 Å². The standard InChI is InChI=1S/C11H22N2S/c1-3-13(4-2)9-11-14-10-7-5-6-8-12/h3-7,9-11H2,1-2H3. The summed E-state index contributed by atoms with van der Waals surface area (Å²) in [5.41, 5.74) is 0. The second kappa shape index (κ2) is 10.9. The molecule has 0 unspecified atom stereocenters. The fraction of sp³-hybridized carbons (Fsp3) is 0.909. The molecule has 0 N–H and O–H groups in total. The van der Waals surface area contributed by atoms with E-state index in [1.807, 2.05) is 11.8 Å². The number of rotatable bonds is 9. The average molecular weight is 214 g/mol. The van der Waals surface area contributed by atoms with E-state index in [1.54, 1.807) is 0 Å². The van der Waals surface area contributed by atoms with Crippen LogP contribution in [0.3, 0.4) is 0 Å². The molecule has 0 aromatic rings. The van der Waals surface area contributed by atoms with Crippen molar-refractivity contribution >= 4 is 11.8 Å². The summed E-state index contributed by atoms with van der Waals surface area (Å²) in [6.45, 7) is 7.94. The Hall–Kier alpha value is -0.200. The molecule has 0 spiro atoms. The zero-order valence-electron chi connectivity index (χ0n) is 9.46. The van der Waals surface area contributed by atoms with E-state index in [9.17, 15) is 0 Å². The van der Waals surface area contributed by atoms with E-state index < -0.39 is 0 Å². The van der Waals surface area contributed by atoms with Crippen molar-refractivity contribution in [3.8, 4) is 6.07 Å². The molecule has 0 rings (SSSR count). The maximum Gasteiger partial charge on any atom is 0.0621 e. The number of nitriles is 1. The molecule has 0 saturated heterocycles. The van der Waals surface area contributed by atoms with Gasteiger partial charge in [-0.25, -0.2) is 0 Å². The van der Waals surface area contributed by atoms with Gasteiger partial charge in [-0.15, -0.1) is 0 Å². The lowest BCUT2D eigenvalue weighted by Gasteiger charge is -2.17. The highest BCUT2D eigenvalue weighted by Crippen LogP contribution is 2.06. The minimum atomic E-state index is 0.719. The summed E-state index contributed by atoms with van der Waals surface area (Å²) in [5.74, 6) is 2.44. The van der Waals surface area contributed by atoms with Crippen LogP contribution in [0.4, 0.5) is 0 Å². The molecule has 0 atom stereocenters. The number of unbranched alkanes of at least 4 members (excludes halogenated alkanes) is 2. The molecule has 0 radical (unpaired) electrons. The van der Waals surface area contributed by atoms with Gasteiger partial charge in [0.05, 0.1) is 6.07 Å². The molecule has 0 aliphatic heterocycles. The summed E-state index contributed by atoms with van der Waals surface area (Å²) in [6, 6.07) is 2.18. The van der Waals surface area contributed by atoms with Gasteiger partial charge in [-0.05, 0) is 31.7 Å². The average Bonchev–Trinajstić information content (AvgIpc) is 2.22. The van der Waals surface area contributed by atoms with E-state index in [0.29, 0.717) is 0 Å². The molecular weight excluding hydrogens is 192 g/mol. The Morgan fingerprint density at radius 3 is 2.43 bits per heavy atom. The van der Waals surface area contributed by atoms with Crippen LogP contribution in [0, 0.1) is 11.3 Å². The molecule has 0 heterocycles. The first-order valence-electron chi connectivity index (χ1n) is 5.52. The summed E-state index contributed by atoms with van der Waals surface area (Å²) in [4.78, 5) is 2.45. The summed E-state index contributed by atoms with van der Waals surface area (Å²) < 4.78 is 0. The van der Waals surface area contributed by atoms with Crippen LogP contribution in [0.2, 0.25) is 0 Å². The van der Waals surface area contributed by atoms with E-state index in [2.05, 4.69) is 24.8 Å². The first kappa shape index (κ1) is 13.8. The van der Waals surface area contributed by atoms with Crippen molar-refractivity contribution in [3.05, 3.63) is 0 Å². The van der Waals surface area contributed by atoms with E-state index in [0.717, 1.165) is 25.9 Å². The van der Waals surface area contributed by atoms with Crippen molar-refractivity contribution in [1.82, 2.24) is 4.90 Å². The maximum absolute atomic E-state index is 8.34. The number of thioether (sulfide) groups is 1. The Kier molecular flexibility index (Phi) is 10.7. The van der Waals surface area contributed by atoms with Gasteiger partial charge in [0, 0.05) is 18.7 Å². The fourth-order valence-electron chi connectivity index (χ4n) is 1.24. The lowest BCUT2D eigenvalue weighted by atomic mass is 10.3. The van der Waals surface area contributed by atoms with Crippen LogP contribution >= 0.6 is 11.8 Å². The highest BCUT2D eigenvalue weighted by molar-refractivity contribution is 7.99. The Morgan fingerprint density at radius 2 is 1.86 bits per heavy atom. The van der Waals surface area contributed by atoms with Gasteiger partial charge in [0.1, 0.15) is 0 Å². The monoisotopic (exact) mass is 214 g/mol. The predicted octanol–water partition coefficient (Wildman–Crippen LogP) is 2.76. The lowest BCUT2D eigenvalue weighted by Crippen LogP contribution is -2.25. The second-order valence-electron chi connectivity index (χ2n) is 3.25. The highest BCUT2D eigenvalue weighted by atomic mass is 32.2. The van der Waals surface area contributed by atoms with Crippen molar-refractivity contribution in [2.24, 2.45) is 0 Å². The molecule has 0 aliphatic carbocycles. The second-order valence-corrected chi connectivity index (χ2v) is 4.48. The normalized spacial score (nSPS) is 10.4. The molecule has 0 saturated carbocycles. The molecule has 0 aromatic heterocycles. The van der Waals surface area contributed by atoms with Gasteiger partial charge in [-0.3, -0.25) is 0 Å². The van der Waals surface area contributed by atoms with Crippen LogP contribution < -0.4 is 0 Å². The smallest absolute Gasteiger partial charge is 0.0621 e. The highest BCUT2D eigenvalue weighted by Gasteiger charge is 1.97.